The molecule has 0 atom stereocenters. The third-order valence-corrected chi connectivity index (χ3v) is 4.12. The molecule has 2 rings (SSSR count). The van der Waals surface area contributed by atoms with Crippen molar-refractivity contribution in [2.24, 2.45) is 0 Å². The van der Waals surface area contributed by atoms with Crippen LogP contribution in [-0.2, 0) is 5.75 Å². The number of hydrogen-bond donors (Lipinski definition) is 1. The van der Waals surface area contributed by atoms with Gasteiger partial charge in [0.1, 0.15) is 4.34 Å². The number of anilines is 1. The van der Waals surface area contributed by atoms with E-state index in [2.05, 4.69) is 4.98 Å². The summed E-state index contributed by atoms with van der Waals surface area (Å²) in [6.45, 7) is 0. The fourth-order valence-corrected chi connectivity index (χ4v) is 2.95. The number of aromatic nitrogens is 1. The molecule has 0 unspecified atom stereocenters. The summed E-state index contributed by atoms with van der Waals surface area (Å²) >= 11 is 9.20. The third-order valence-electron chi connectivity index (χ3n) is 1.87. The van der Waals surface area contributed by atoms with Crippen molar-refractivity contribution in [2.45, 2.75) is 10.1 Å². The monoisotopic (exact) mass is 256 g/mol. The molecule has 0 aliphatic rings. The van der Waals surface area contributed by atoms with Gasteiger partial charge in [0.25, 0.3) is 0 Å². The van der Waals surface area contributed by atoms with Gasteiger partial charge >= 0.3 is 0 Å². The molecule has 1 heterocycles. The molecule has 0 saturated carbocycles. The van der Waals surface area contributed by atoms with E-state index in [1.54, 1.807) is 35.4 Å². The van der Waals surface area contributed by atoms with Crippen molar-refractivity contribution in [1.82, 2.24) is 4.98 Å². The maximum absolute atomic E-state index is 5.90. The Morgan fingerprint density at radius 3 is 3.07 bits per heavy atom. The zero-order valence-electron chi connectivity index (χ0n) is 7.81. The van der Waals surface area contributed by atoms with Gasteiger partial charge in [0.2, 0.25) is 0 Å². The molecule has 0 spiro atoms. The molecule has 5 heteroatoms. The largest absolute Gasteiger partial charge is 0.398 e. The second-order valence-corrected chi connectivity index (χ2v) is 5.48. The Morgan fingerprint density at radius 1 is 1.47 bits per heavy atom. The molecule has 0 bridgehead atoms. The smallest absolute Gasteiger partial charge is 0.150 e. The number of thioether (sulfide) groups is 1. The van der Waals surface area contributed by atoms with Crippen LogP contribution in [0.5, 0.6) is 0 Å². The summed E-state index contributed by atoms with van der Waals surface area (Å²) in [4.78, 5) is 4.19. The first-order valence-corrected chi connectivity index (χ1v) is 6.56. The van der Waals surface area contributed by atoms with Crippen molar-refractivity contribution in [3.05, 3.63) is 40.4 Å². The number of hydrogen-bond acceptors (Lipinski definition) is 4. The number of rotatable bonds is 3. The van der Waals surface area contributed by atoms with Crippen LogP contribution in [0.2, 0.25) is 5.02 Å². The topological polar surface area (TPSA) is 38.9 Å². The van der Waals surface area contributed by atoms with Gasteiger partial charge in [-0.15, -0.1) is 11.3 Å². The summed E-state index contributed by atoms with van der Waals surface area (Å²) in [5.41, 5.74) is 7.68. The normalized spacial score (nSPS) is 10.5. The molecule has 2 N–H and O–H groups in total. The van der Waals surface area contributed by atoms with E-state index in [1.165, 1.54) is 0 Å². The summed E-state index contributed by atoms with van der Waals surface area (Å²) in [6, 6.07) is 5.53. The Bertz CT molecular complexity index is 443. The zero-order valence-corrected chi connectivity index (χ0v) is 10.2. The van der Waals surface area contributed by atoms with Crippen LogP contribution in [0, 0.1) is 0 Å². The lowest BCUT2D eigenvalue weighted by molar-refractivity contribution is 1.24. The summed E-state index contributed by atoms with van der Waals surface area (Å²) < 4.78 is 1.05. The van der Waals surface area contributed by atoms with Gasteiger partial charge in [0, 0.05) is 28.0 Å². The van der Waals surface area contributed by atoms with Gasteiger partial charge in [-0.3, -0.25) is 0 Å². The molecule has 0 radical (unpaired) electrons. The Hall–Kier alpha value is -0.710. The quantitative estimate of drug-likeness (QED) is 0.673. The molecule has 2 nitrogen and oxygen atoms in total. The minimum Gasteiger partial charge on any atom is -0.398 e. The maximum atomic E-state index is 5.90. The summed E-state index contributed by atoms with van der Waals surface area (Å²) in [5, 5.41) is 2.68. The number of benzene rings is 1. The lowest BCUT2D eigenvalue weighted by Gasteiger charge is -2.04. The first kappa shape index (κ1) is 10.8. The molecule has 0 aliphatic carbocycles. The molecule has 1 aromatic heterocycles. The summed E-state index contributed by atoms with van der Waals surface area (Å²) in [7, 11) is 0. The van der Waals surface area contributed by atoms with Crippen LogP contribution in [0.15, 0.2) is 34.1 Å². The molecular formula is C10H9ClN2S2. The highest BCUT2D eigenvalue weighted by molar-refractivity contribution is 8.00. The molecular weight excluding hydrogens is 248 g/mol. The van der Waals surface area contributed by atoms with Crippen LogP contribution in [0.4, 0.5) is 5.69 Å². The standard InChI is InChI=1S/C10H9ClN2S2/c11-8-1-2-9(12)7(5-8)6-15-10-13-3-4-14-10/h1-5H,6,12H2. The van der Waals surface area contributed by atoms with Crippen molar-refractivity contribution in [2.75, 3.05) is 5.73 Å². The van der Waals surface area contributed by atoms with E-state index in [0.29, 0.717) is 0 Å². The van der Waals surface area contributed by atoms with Crippen molar-refractivity contribution in [3.63, 3.8) is 0 Å². The van der Waals surface area contributed by atoms with Crippen molar-refractivity contribution < 1.29 is 0 Å². The molecule has 0 aliphatic heterocycles. The van der Waals surface area contributed by atoms with Crippen LogP contribution in [0.3, 0.4) is 0 Å². The Kier molecular flexibility index (Phi) is 3.51. The molecule has 15 heavy (non-hydrogen) atoms. The number of nitrogen functional groups attached to an aromatic ring is 1. The summed E-state index contributed by atoms with van der Waals surface area (Å²) in [5.74, 6) is 0.805. The minimum absolute atomic E-state index is 0.721. The number of nitrogens with two attached hydrogens (primary N) is 1. The van der Waals surface area contributed by atoms with Crippen molar-refractivity contribution in [1.29, 1.82) is 0 Å². The average molecular weight is 257 g/mol. The van der Waals surface area contributed by atoms with Gasteiger partial charge in [0.15, 0.2) is 0 Å². The van der Waals surface area contributed by atoms with Gasteiger partial charge < -0.3 is 5.73 Å². The van der Waals surface area contributed by atoms with E-state index in [-0.39, 0.29) is 0 Å². The van der Waals surface area contributed by atoms with Crippen LogP contribution in [0.1, 0.15) is 5.56 Å². The molecule has 2 aromatic rings. The van der Waals surface area contributed by atoms with E-state index in [9.17, 15) is 0 Å². The second-order valence-electron chi connectivity index (χ2n) is 2.93. The van der Waals surface area contributed by atoms with E-state index >= 15 is 0 Å². The van der Waals surface area contributed by atoms with Gasteiger partial charge in [0.05, 0.1) is 0 Å². The predicted octanol–water partition coefficient (Wildman–Crippen LogP) is 3.67. The Morgan fingerprint density at radius 2 is 2.33 bits per heavy atom. The van der Waals surface area contributed by atoms with Gasteiger partial charge in [-0.05, 0) is 23.8 Å². The maximum Gasteiger partial charge on any atom is 0.150 e. The van der Waals surface area contributed by atoms with E-state index < -0.39 is 0 Å². The SMILES string of the molecule is Nc1ccc(Cl)cc1CSc1nccs1. The first-order valence-electron chi connectivity index (χ1n) is 4.32. The van der Waals surface area contributed by atoms with Crippen LogP contribution in [-0.4, -0.2) is 4.98 Å². The number of nitrogens with zero attached hydrogens (tertiary/aromatic N) is 1. The van der Waals surface area contributed by atoms with E-state index in [4.69, 9.17) is 17.3 Å². The minimum atomic E-state index is 0.721. The zero-order chi connectivity index (χ0) is 10.7. The average Bonchev–Trinajstić information content (AvgIpc) is 2.72. The highest BCUT2D eigenvalue weighted by Crippen LogP contribution is 2.28. The second kappa shape index (κ2) is 4.88. The van der Waals surface area contributed by atoms with Crippen molar-refractivity contribution in [3.8, 4) is 0 Å². The molecule has 78 valence electrons. The summed E-state index contributed by atoms with van der Waals surface area (Å²) in [6.07, 6.45) is 1.80. The fourth-order valence-electron chi connectivity index (χ4n) is 1.12. The Balaban J connectivity index is 2.07. The molecule has 0 amide bonds. The van der Waals surface area contributed by atoms with Crippen LogP contribution >= 0.6 is 34.7 Å². The number of halogens is 1. The van der Waals surface area contributed by atoms with Crippen molar-refractivity contribution >= 4 is 40.4 Å². The van der Waals surface area contributed by atoms with E-state index in [0.717, 1.165) is 26.4 Å². The molecule has 1 aromatic carbocycles. The molecule has 0 saturated heterocycles. The van der Waals surface area contributed by atoms with E-state index in [1.807, 2.05) is 17.5 Å². The number of thiazole rings is 1. The van der Waals surface area contributed by atoms with Gasteiger partial charge in [-0.2, -0.15) is 0 Å². The Labute approximate surface area is 101 Å². The van der Waals surface area contributed by atoms with Gasteiger partial charge in [-0.1, -0.05) is 23.4 Å². The third kappa shape index (κ3) is 2.87. The van der Waals surface area contributed by atoms with Gasteiger partial charge in [-0.25, -0.2) is 4.98 Å². The highest BCUT2D eigenvalue weighted by Gasteiger charge is 2.02. The lowest BCUT2D eigenvalue weighted by Crippen LogP contribution is -1.91. The van der Waals surface area contributed by atoms with Crippen LogP contribution < -0.4 is 5.73 Å². The molecule has 0 fully saturated rings. The first-order chi connectivity index (χ1) is 7.25. The predicted molar refractivity (Wildman–Crippen MR) is 67.5 cm³/mol. The fraction of sp³-hybridized carbons (Fsp3) is 0.100. The van der Waals surface area contributed by atoms with Crippen LogP contribution in [0.25, 0.3) is 0 Å². The lowest BCUT2D eigenvalue weighted by atomic mass is 10.2. The highest BCUT2D eigenvalue weighted by atomic mass is 35.5.